The van der Waals surface area contributed by atoms with Crippen molar-refractivity contribution in [3.8, 4) is 11.5 Å². The van der Waals surface area contributed by atoms with E-state index in [1.807, 2.05) is 18.2 Å². The summed E-state index contributed by atoms with van der Waals surface area (Å²) in [6.07, 6.45) is 0. The Labute approximate surface area is 94.5 Å². The zero-order valence-corrected chi connectivity index (χ0v) is 10.6. The summed E-state index contributed by atoms with van der Waals surface area (Å²) in [5.41, 5.74) is 1.10. The molecule has 4 heteroatoms. The molecule has 1 rings (SSSR count). The first-order valence-electron chi connectivity index (χ1n) is 3.69. The summed E-state index contributed by atoms with van der Waals surface area (Å²) in [5.74, 6) is 1.48. The number of halogens is 2. The standard InChI is InChI=1S/C9H10Br2O2/c1-12-7-4-3-6(9(10)11)5-8(7)13-2/h3-5,9H,1-2H3. The Balaban J connectivity index is 3.05. The number of hydrogen-bond donors (Lipinski definition) is 0. The van der Waals surface area contributed by atoms with Gasteiger partial charge in [0.2, 0.25) is 0 Å². The molecule has 0 amide bonds. The van der Waals surface area contributed by atoms with Crippen LogP contribution in [0.4, 0.5) is 0 Å². The smallest absolute Gasteiger partial charge is 0.161 e. The molecule has 0 aliphatic carbocycles. The lowest BCUT2D eigenvalue weighted by atomic mass is 10.2. The maximum absolute atomic E-state index is 5.16. The highest BCUT2D eigenvalue weighted by Gasteiger charge is 2.07. The average molecular weight is 310 g/mol. The maximum Gasteiger partial charge on any atom is 0.161 e. The van der Waals surface area contributed by atoms with E-state index in [4.69, 9.17) is 9.47 Å². The van der Waals surface area contributed by atoms with E-state index in [1.165, 1.54) is 0 Å². The van der Waals surface area contributed by atoms with Gasteiger partial charge in [-0.15, -0.1) is 0 Å². The molecule has 0 aromatic heterocycles. The fraction of sp³-hybridized carbons (Fsp3) is 0.333. The number of rotatable bonds is 3. The van der Waals surface area contributed by atoms with Crippen molar-refractivity contribution in [2.75, 3.05) is 14.2 Å². The number of ether oxygens (including phenoxy) is 2. The van der Waals surface area contributed by atoms with Crippen LogP contribution in [-0.4, -0.2) is 14.2 Å². The average Bonchev–Trinajstić information content (AvgIpc) is 2.16. The Hall–Kier alpha value is -0.220. The van der Waals surface area contributed by atoms with Gasteiger partial charge in [0.1, 0.15) is 0 Å². The van der Waals surface area contributed by atoms with Crippen molar-refractivity contribution < 1.29 is 9.47 Å². The molecule has 72 valence electrons. The topological polar surface area (TPSA) is 18.5 Å². The normalized spacial score (nSPS) is 10.2. The lowest BCUT2D eigenvalue weighted by Crippen LogP contribution is -1.91. The van der Waals surface area contributed by atoms with E-state index in [0.29, 0.717) is 0 Å². The van der Waals surface area contributed by atoms with Crippen molar-refractivity contribution in [3.05, 3.63) is 23.8 Å². The molecule has 0 saturated carbocycles. The van der Waals surface area contributed by atoms with E-state index in [0.717, 1.165) is 17.1 Å². The summed E-state index contributed by atoms with van der Waals surface area (Å²) >= 11 is 6.83. The van der Waals surface area contributed by atoms with Crippen LogP contribution in [0.25, 0.3) is 0 Å². The van der Waals surface area contributed by atoms with Crippen LogP contribution in [0.5, 0.6) is 11.5 Å². The van der Waals surface area contributed by atoms with E-state index < -0.39 is 0 Å². The molecule has 1 aromatic carbocycles. The fourth-order valence-corrected chi connectivity index (χ4v) is 1.56. The van der Waals surface area contributed by atoms with Gasteiger partial charge in [0, 0.05) is 0 Å². The second-order valence-corrected chi connectivity index (χ2v) is 5.48. The zero-order valence-electron chi connectivity index (χ0n) is 7.38. The lowest BCUT2D eigenvalue weighted by Gasteiger charge is -2.09. The van der Waals surface area contributed by atoms with Crippen LogP contribution in [0.15, 0.2) is 18.2 Å². The van der Waals surface area contributed by atoms with Gasteiger partial charge in [0.05, 0.1) is 18.0 Å². The Morgan fingerprint density at radius 1 is 1.08 bits per heavy atom. The van der Waals surface area contributed by atoms with Gasteiger partial charge in [-0.05, 0) is 17.7 Å². The van der Waals surface area contributed by atoms with Gasteiger partial charge in [0.15, 0.2) is 11.5 Å². The summed E-state index contributed by atoms with van der Waals surface area (Å²) in [4.78, 5) is 0. The van der Waals surface area contributed by atoms with Gasteiger partial charge >= 0.3 is 0 Å². The molecule has 0 atom stereocenters. The van der Waals surface area contributed by atoms with E-state index in [-0.39, 0.29) is 3.74 Å². The van der Waals surface area contributed by atoms with Crippen molar-refractivity contribution in [1.29, 1.82) is 0 Å². The number of benzene rings is 1. The van der Waals surface area contributed by atoms with Crippen LogP contribution >= 0.6 is 31.9 Å². The second-order valence-electron chi connectivity index (χ2n) is 2.42. The molecule has 0 heterocycles. The third kappa shape index (κ3) is 2.61. The first-order valence-corrected chi connectivity index (χ1v) is 5.52. The number of hydrogen-bond acceptors (Lipinski definition) is 2. The van der Waals surface area contributed by atoms with Crippen molar-refractivity contribution in [2.45, 2.75) is 3.74 Å². The first kappa shape index (κ1) is 10.9. The molecule has 0 N–H and O–H groups in total. The zero-order chi connectivity index (χ0) is 9.84. The molecule has 0 aliphatic heterocycles. The monoisotopic (exact) mass is 308 g/mol. The summed E-state index contributed by atoms with van der Waals surface area (Å²) in [6.45, 7) is 0. The van der Waals surface area contributed by atoms with Crippen LogP contribution in [0.2, 0.25) is 0 Å². The van der Waals surface area contributed by atoms with Gasteiger partial charge in [0.25, 0.3) is 0 Å². The molecule has 0 fully saturated rings. The highest BCUT2D eigenvalue weighted by atomic mass is 79.9. The van der Waals surface area contributed by atoms with Gasteiger partial charge in [-0.1, -0.05) is 37.9 Å². The summed E-state index contributed by atoms with van der Waals surface area (Å²) in [5, 5.41) is 0. The van der Waals surface area contributed by atoms with Gasteiger partial charge < -0.3 is 9.47 Å². The molecule has 0 saturated heterocycles. The van der Waals surface area contributed by atoms with E-state index in [9.17, 15) is 0 Å². The minimum Gasteiger partial charge on any atom is -0.493 e. The van der Waals surface area contributed by atoms with Crippen molar-refractivity contribution in [2.24, 2.45) is 0 Å². The minimum atomic E-state index is 0.139. The Kier molecular flexibility index (Phi) is 4.06. The first-order chi connectivity index (χ1) is 6.19. The maximum atomic E-state index is 5.16. The van der Waals surface area contributed by atoms with Crippen LogP contribution in [0.3, 0.4) is 0 Å². The number of alkyl halides is 2. The Morgan fingerprint density at radius 2 is 1.69 bits per heavy atom. The summed E-state index contributed by atoms with van der Waals surface area (Å²) < 4.78 is 10.4. The minimum absolute atomic E-state index is 0.139. The molecular formula is C9H10Br2O2. The SMILES string of the molecule is COc1ccc(C(Br)Br)cc1OC. The molecule has 0 radical (unpaired) electrons. The van der Waals surface area contributed by atoms with Crippen LogP contribution in [-0.2, 0) is 0 Å². The van der Waals surface area contributed by atoms with E-state index >= 15 is 0 Å². The molecule has 0 aliphatic rings. The summed E-state index contributed by atoms with van der Waals surface area (Å²) in [6, 6.07) is 5.77. The van der Waals surface area contributed by atoms with Crippen molar-refractivity contribution in [1.82, 2.24) is 0 Å². The fourth-order valence-electron chi connectivity index (χ4n) is 0.989. The quantitative estimate of drug-likeness (QED) is 0.796. The van der Waals surface area contributed by atoms with Crippen molar-refractivity contribution in [3.63, 3.8) is 0 Å². The highest BCUT2D eigenvalue weighted by molar-refractivity contribution is 9.24. The van der Waals surface area contributed by atoms with Gasteiger partial charge in [-0.3, -0.25) is 0 Å². The van der Waals surface area contributed by atoms with E-state index in [2.05, 4.69) is 31.9 Å². The van der Waals surface area contributed by atoms with Crippen LogP contribution < -0.4 is 9.47 Å². The van der Waals surface area contributed by atoms with Crippen LogP contribution in [0.1, 0.15) is 9.30 Å². The Morgan fingerprint density at radius 3 is 2.15 bits per heavy atom. The molecule has 0 spiro atoms. The molecule has 13 heavy (non-hydrogen) atoms. The van der Waals surface area contributed by atoms with Gasteiger partial charge in [-0.25, -0.2) is 0 Å². The molecule has 0 unspecified atom stereocenters. The largest absolute Gasteiger partial charge is 0.493 e. The summed E-state index contributed by atoms with van der Waals surface area (Å²) in [7, 11) is 3.25. The van der Waals surface area contributed by atoms with Crippen molar-refractivity contribution >= 4 is 31.9 Å². The third-order valence-electron chi connectivity index (χ3n) is 1.66. The molecule has 2 nitrogen and oxygen atoms in total. The van der Waals surface area contributed by atoms with Crippen LogP contribution in [0, 0.1) is 0 Å². The van der Waals surface area contributed by atoms with E-state index in [1.54, 1.807) is 14.2 Å². The predicted octanol–water partition coefficient (Wildman–Crippen LogP) is 3.49. The third-order valence-corrected chi connectivity index (χ3v) is 2.72. The lowest BCUT2D eigenvalue weighted by molar-refractivity contribution is 0.354. The molecule has 1 aromatic rings. The predicted molar refractivity (Wildman–Crippen MR) is 60.1 cm³/mol. The highest BCUT2D eigenvalue weighted by Crippen LogP contribution is 2.35. The molecule has 0 bridgehead atoms. The second kappa shape index (κ2) is 4.86. The van der Waals surface area contributed by atoms with Gasteiger partial charge in [-0.2, -0.15) is 0 Å². The molecular weight excluding hydrogens is 300 g/mol. The number of methoxy groups -OCH3 is 2. The Bertz CT molecular complexity index is 287.